The number of nitrogens with zero attached hydrogens (tertiary/aromatic N) is 2. The van der Waals surface area contributed by atoms with Crippen LogP contribution in [0, 0.1) is 19.8 Å². The van der Waals surface area contributed by atoms with Gasteiger partial charge in [-0.3, -0.25) is 14.3 Å². The fraction of sp³-hybridized carbons (Fsp3) is 0.450. The number of rotatable bonds is 7. The Kier molecular flexibility index (Phi) is 7.02. The highest BCUT2D eigenvalue weighted by atomic mass is 35.5. The van der Waals surface area contributed by atoms with Gasteiger partial charge in [0.05, 0.1) is 12.1 Å². The van der Waals surface area contributed by atoms with E-state index >= 15 is 0 Å². The lowest BCUT2D eigenvalue weighted by atomic mass is 10.1. The van der Waals surface area contributed by atoms with Crippen molar-refractivity contribution in [1.29, 1.82) is 0 Å². The molecular weight excluding hydrogens is 366 g/mol. The van der Waals surface area contributed by atoms with Crippen molar-refractivity contribution in [3.8, 4) is 0 Å². The van der Waals surface area contributed by atoms with Crippen molar-refractivity contribution in [3.05, 3.63) is 46.2 Å². The summed E-state index contributed by atoms with van der Waals surface area (Å²) < 4.78 is 7.21. The molecule has 1 heterocycles. The molecule has 27 heavy (non-hydrogen) atoms. The topological polar surface area (TPSA) is 73.2 Å². The van der Waals surface area contributed by atoms with Crippen LogP contribution in [0.1, 0.15) is 37.7 Å². The standard InChI is InChI=1S/C20H26ClN3O3/c1-12(2)11-24-14(4)18(13(3)23-24)10-19(25)27-15(5)20(26)22-17-8-6-16(21)7-9-17/h6-9,12,15H,10-11H2,1-5H3,(H,22,26). The molecule has 1 aromatic heterocycles. The van der Waals surface area contributed by atoms with Gasteiger partial charge in [-0.05, 0) is 51.0 Å². The zero-order chi connectivity index (χ0) is 20.1. The largest absolute Gasteiger partial charge is 0.452 e. The van der Waals surface area contributed by atoms with Crippen LogP contribution in [-0.4, -0.2) is 27.8 Å². The van der Waals surface area contributed by atoms with E-state index < -0.39 is 18.0 Å². The average Bonchev–Trinajstić information content (AvgIpc) is 2.83. The third kappa shape index (κ3) is 5.82. The normalized spacial score (nSPS) is 12.1. The molecular formula is C20H26ClN3O3. The number of amides is 1. The Morgan fingerprint density at radius 3 is 2.41 bits per heavy atom. The summed E-state index contributed by atoms with van der Waals surface area (Å²) in [7, 11) is 0. The smallest absolute Gasteiger partial charge is 0.311 e. The quantitative estimate of drug-likeness (QED) is 0.726. The van der Waals surface area contributed by atoms with Crippen molar-refractivity contribution < 1.29 is 14.3 Å². The van der Waals surface area contributed by atoms with Crippen LogP contribution in [0.2, 0.25) is 5.02 Å². The number of halogens is 1. The maximum atomic E-state index is 12.3. The Balaban J connectivity index is 1.95. The summed E-state index contributed by atoms with van der Waals surface area (Å²) >= 11 is 5.82. The van der Waals surface area contributed by atoms with Crippen LogP contribution < -0.4 is 5.32 Å². The molecule has 0 radical (unpaired) electrons. The van der Waals surface area contributed by atoms with Crippen LogP contribution in [0.5, 0.6) is 0 Å². The van der Waals surface area contributed by atoms with E-state index in [1.54, 1.807) is 31.2 Å². The molecule has 0 spiro atoms. The molecule has 0 aliphatic rings. The van der Waals surface area contributed by atoms with Crippen LogP contribution in [0.4, 0.5) is 5.69 Å². The lowest BCUT2D eigenvalue weighted by Gasteiger charge is -2.14. The molecule has 1 amide bonds. The van der Waals surface area contributed by atoms with Gasteiger partial charge in [-0.25, -0.2) is 0 Å². The van der Waals surface area contributed by atoms with Gasteiger partial charge in [-0.1, -0.05) is 25.4 Å². The monoisotopic (exact) mass is 391 g/mol. The molecule has 1 aromatic carbocycles. The second-order valence-electron chi connectivity index (χ2n) is 7.03. The van der Waals surface area contributed by atoms with Gasteiger partial charge in [0.2, 0.25) is 0 Å². The van der Waals surface area contributed by atoms with Gasteiger partial charge in [-0.2, -0.15) is 5.10 Å². The molecule has 6 nitrogen and oxygen atoms in total. The van der Waals surface area contributed by atoms with Gasteiger partial charge in [0.15, 0.2) is 6.10 Å². The summed E-state index contributed by atoms with van der Waals surface area (Å²) in [5.41, 5.74) is 3.21. The van der Waals surface area contributed by atoms with Crippen molar-refractivity contribution in [2.45, 2.75) is 53.7 Å². The number of nitrogens with one attached hydrogen (secondary N) is 1. The molecule has 0 bridgehead atoms. The molecule has 1 atom stereocenters. The van der Waals surface area contributed by atoms with E-state index in [1.807, 2.05) is 18.5 Å². The molecule has 1 unspecified atom stereocenters. The van der Waals surface area contributed by atoms with E-state index in [-0.39, 0.29) is 6.42 Å². The predicted molar refractivity (Wildman–Crippen MR) is 106 cm³/mol. The Hall–Kier alpha value is -2.34. The molecule has 7 heteroatoms. The molecule has 2 aromatic rings. The van der Waals surface area contributed by atoms with E-state index in [1.165, 1.54) is 0 Å². The molecule has 0 saturated heterocycles. The Morgan fingerprint density at radius 2 is 1.81 bits per heavy atom. The van der Waals surface area contributed by atoms with Crippen molar-refractivity contribution in [2.24, 2.45) is 5.92 Å². The van der Waals surface area contributed by atoms with Crippen LogP contribution in [0.3, 0.4) is 0 Å². The van der Waals surface area contributed by atoms with E-state index in [0.717, 1.165) is 23.5 Å². The summed E-state index contributed by atoms with van der Waals surface area (Å²) in [6.45, 7) is 10.4. The molecule has 2 rings (SSSR count). The molecule has 0 saturated carbocycles. The molecule has 0 fully saturated rings. The van der Waals surface area contributed by atoms with E-state index in [4.69, 9.17) is 16.3 Å². The highest BCUT2D eigenvalue weighted by Gasteiger charge is 2.21. The lowest BCUT2D eigenvalue weighted by molar-refractivity contribution is -0.152. The number of ether oxygens (including phenoxy) is 1. The number of carbonyl (C=O) groups excluding carboxylic acids is 2. The first-order valence-electron chi connectivity index (χ1n) is 8.96. The third-order valence-corrected chi connectivity index (χ3v) is 4.43. The first-order chi connectivity index (χ1) is 12.7. The Morgan fingerprint density at radius 1 is 1.19 bits per heavy atom. The fourth-order valence-corrected chi connectivity index (χ4v) is 2.85. The number of aryl methyl sites for hydroxylation is 1. The van der Waals surface area contributed by atoms with Crippen LogP contribution in [0.25, 0.3) is 0 Å². The lowest BCUT2D eigenvalue weighted by Crippen LogP contribution is -2.30. The van der Waals surface area contributed by atoms with Gasteiger partial charge < -0.3 is 10.1 Å². The van der Waals surface area contributed by atoms with Gasteiger partial charge in [0.25, 0.3) is 5.91 Å². The summed E-state index contributed by atoms with van der Waals surface area (Å²) in [4.78, 5) is 24.5. The number of anilines is 1. The predicted octanol–water partition coefficient (Wildman–Crippen LogP) is 3.92. The second kappa shape index (κ2) is 9.04. The van der Waals surface area contributed by atoms with E-state index in [2.05, 4.69) is 24.3 Å². The Labute approximate surface area is 164 Å². The summed E-state index contributed by atoms with van der Waals surface area (Å²) in [6, 6.07) is 6.72. The van der Waals surface area contributed by atoms with Gasteiger partial charge >= 0.3 is 5.97 Å². The minimum absolute atomic E-state index is 0.0916. The van der Waals surface area contributed by atoms with Crippen molar-refractivity contribution >= 4 is 29.2 Å². The average molecular weight is 392 g/mol. The maximum absolute atomic E-state index is 12.3. The highest BCUT2D eigenvalue weighted by molar-refractivity contribution is 6.30. The van der Waals surface area contributed by atoms with Crippen LogP contribution in [0.15, 0.2) is 24.3 Å². The SMILES string of the molecule is Cc1nn(CC(C)C)c(C)c1CC(=O)OC(C)C(=O)Nc1ccc(Cl)cc1. The number of benzene rings is 1. The molecule has 0 aliphatic carbocycles. The number of esters is 1. The fourth-order valence-electron chi connectivity index (χ4n) is 2.73. The highest BCUT2D eigenvalue weighted by Crippen LogP contribution is 2.17. The first-order valence-corrected chi connectivity index (χ1v) is 9.34. The molecule has 1 N–H and O–H groups in total. The minimum Gasteiger partial charge on any atom is -0.452 e. The summed E-state index contributed by atoms with van der Waals surface area (Å²) in [6.07, 6.45) is -0.812. The first kappa shape index (κ1) is 21.0. The zero-order valence-electron chi connectivity index (χ0n) is 16.4. The maximum Gasteiger partial charge on any atom is 0.311 e. The number of hydrogen-bond donors (Lipinski definition) is 1. The van der Waals surface area contributed by atoms with Crippen LogP contribution in [-0.2, 0) is 27.3 Å². The third-order valence-electron chi connectivity index (χ3n) is 4.18. The minimum atomic E-state index is -0.903. The van der Waals surface area contributed by atoms with Gasteiger partial charge in [-0.15, -0.1) is 0 Å². The number of hydrogen-bond acceptors (Lipinski definition) is 4. The Bertz CT molecular complexity index is 813. The molecule has 0 aliphatic heterocycles. The number of carbonyl (C=O) groups is 2. The zero-order valence-corrected chi connectivity index (χ0v) is 17.1. The van der Waals surface area contributed by atoms with E-state index in [0.29, 0.717) is 16.6 Å². The molecule has 146 valence electrons. The van der Waals surface area contributed by atoms with Crippen LogP contribution >= 0.6 is 11.6 Å². The summed E-state index contributed by atoms with van der Waals surface area (Å²) in [5.74, 6) is -0.391. The van der Waals surface area contributed by atoms with Crippen molar-refractivity contribution in [2.75, 3.05) is 5.32 Å². The van der Waals surface area contributed by atoms with Gasteiger partial charge in [0, 0.05) is 28.5 Å². The van der Waals surface area contributed by atoms with Crippen molar-refractivity contribution in [1.82, 2.24) is 9.78 Å². The van der Waals surface area contributed by atoms with Crippen molar-refractivity contribution in [3.63, 3.8) is 0 Å². The van der Waals surface area contributed by atoms with Gasteiger partial charge in [0.1, 0.15) is 0 Å². The van der Waals surface area contributed by atoms with E-state index in [9.17, 15) is 9.59 Å². The summed E-state index contributed by atoms with van der Waals surface area (Å²) in [5, 5.41) is 7.77. The number of aromatic nitrogens is 2. The second-order valence-corrected chi connectivity index (χ2v) is 7.47.